The Balaban J connectivity index is 1.79. The largest absolute Gasteiger partial charge is 0.388 e. The van der Waals surface area contributed by atoms with Crippen LogP contribution >= 0.6 is 22.9 Å². The van der Waals surface area contributed by atoms with Crippen molar-refractivity contribution in [2.24, 2.45) is 0 Å². The van der Waals surface area contributed by atoms with Gasteiger partial charge in [-0.05, 0) is 31.0 Å². The highest BCUT2D eigenvalue weighted by Gasteiger charge is 2.17. The van der Waals surface area contributed by atoms with Crippen LogP contribution in [0, 0.1) is 0 Å². The second kappa shape index (κ2) is 7.59. The number of rotatable bonds is 6. The third-order valence-electron chi connectivity index (χ3n) is 3.32. The van der Waals surface area contributed by atoms with Crippen molar-refractivity contribution in [2.45, 2.75) is 25.4 Å². The summed E-state index contributed by atoms with van der Waals surface area (Å²) < 4.78 is 0.684. The predicted octanol–water partition coefficient (Wildman–Crippen LogP) is 3.74. The summed E-state index contributed by atoms with van der Waals surface area (Å²) >= 11 is 7.29. The molecule has 2 unspecified atom stereocenters. The number of aliphatic hydroxyl groups is 1. The lowest BCUT2D eigenvalue weighted by Crippen LogP contribution is -2.29. The molecule has 0 bridgehead atoms. The van der Waals surface area contributed by atoms with Gasteiger partial charge in [-0.1, -0.05) is 41.9 Å². The Morgan fingerprint density at radius 1 is 1.29 bits per heavy atom. The molecule has 1 heterocycles. The van der Waals surface area contributed by atoms with Gasteiger partial charge in [0.05, 0.1) is 16.4 Å². The summed E-state index contributed by atoms with van der Waals surface area (Å²) in [6.45, 7) is 2.30. The van der Waals surface area contributed by atoms with E-state index in [4.69, 9.17) is 11.6 Å². The average molecular weight is 324 g/mol. The van der Waals surface area contributed by atoms with Crippen molar-refractivity contribution in [3.63, 3.8) is 0 Å². The summed E-state index contributed by atoms with van der Waals surface area (Å²) in [5, 5.41) is 12.9. The molecule has 0 aliphatic rings. The summed E-state index contributed by atoms with van der Waals surface area (Å²) in [5.41, 5.74) is 0.866. The maximum atomic E-state index is 12.0. The minimum absolute atomic E-state index is 0.0474. The Morgan fingerprint density at radius 2 is 2.00 bits per heavy atom. The molecular formula is C16H18ClNO2S. The molecule has 0 aliphatic carbocycles. The predicted molar refractivity (Wildman–Crippen MR) is 86.8 cm³/mol. The number of benzene rings is 1. The Kier molecular flexibility index (Phi) is 5.79. The van der Waals surface area contributed by atoms with Crippen molar-refractivity contribution in [3.8, 4) is 0 Å². The Labute approximate surface area is 133 Å². The standard InChI is InChI=1S/C16H18ClNO2S/c1-11(14-7-8-15(17)21-14)16(20)18-10-9-13(19)12-5-3-2-4-6-12/h2-8,11,13,19H,9-10H2,1H3,(H,18,20). The second-order valence-corrected chi connectivity index (χ2v) is 6.62. The zero-order valence-electron chi connectivity index (χ0n) is 11.8. The van der Waals surface area contributed by atoms with Crippen LogP contribution in [0.4, 0.5) is 0 Å². The molecule has 1 aromatic carbocycles. The fourth-order valence-corrected chi connectivity index (χ4v) is 3.13. The average Bonchev–Trinajstić information content (AvgIpc) is 2.93. The third-order valence-corrected chi connectivity index (χ3v) is 4.73. The summed E-state index contributed by atoms with van der Waals surface area (Å²) in [6, 6.07) is 13.1. The normalized spacial score (nSPS) is 13.7. The van der Waals surface area contributed by atoms with Crippen LogP contribution in [0.25, 0.3) is 0 Å². The van der Waals surface area contributed by atoms with E-state index in [2.05, 4.69) is 5.32 Å². The first-order valence-corrected chi connectivity index (χ1v) is 8.03. The highest BCUT2D eigenvalue weighted by Crippen LogP contribution is 2.28. The van der Waals surface area contributed by atoms with Gasteiger partial charge in [-0.25, -0.2) is 0 Å². The van der Waals surface area contributed by atoms with Gasteiger partial charge >= 0.3 is 0 Å². The topological polar surface area (TPSA) is 49.3 Å². The van der Waals surface area contributed by atoms with E-state index in [0.717, 1.165) is 10.4 Å². The molecule has 2 aromatic rings. The van der Waals surface area contributed by atoms with Crippen LogP contribution in [0.5, 0.6) is 0 Å². The van der Waals surface area contributed by atoms with Crippen molar-refractivity contribution < 1.29 is 9.90 Å². The minimum Gasteiger partial charge on any atom is -0.388 e. The molecule has 0 radical (unpaired) electrons. The molecule has 2 atom stereocenters. The highest BCUT2D eigenvalue weighted by atomic mass is 35.5. The molecule has 0 saturated heterocycles. The number of hydrogen-bond acceptors (Lipinski definition) is 3. The molecule has 1 amide bonds. The van der Waals surface area contributed by atoms with Crippen LogP contribution < -0.4 is 5.32 Å². The molecule has 21 heavy (non-hydrogen) atoms. The van der Waals surface area contributed by atoms with Gasteiger partial charge < -0.3 is 10.4 Å². The highest BCUT2D eigenvalue weighted by molar-refractivity contribution is 7.16. The zero-order chi connectivity index (χ0) is 15.2. The van der Waals surface area contributed by atoms with E-state index in [0.29, 0.717) is 17.3 Å². The maximum Gasteiger partial charge on any atom is 0.228 e. The van der Waals surface area contributed by atoms with E-state index < -0.39 is 6.10 Å². The number of hydrogen-bond donors (Lipinski definition) is 2. The van der Waals surface area contributed by atoms with E-state index in [9.17, 15) is 9.90 Å². The van der Waals surface area contributed by atoms with Gasteiger partial charge in [-0.15, -0.1) is 11.3 Å². The minimum atomic E-state index is -0.557. The smallest absolute Gasteiger partial charge is 0.228 e. The van der Waals surface area contributed by atoms with Crippen molar-refractivity contribution in [2.75, 3.05) is 6.54 Å². The number of carbonyl (C=O) groups is 1. The van der Waals surface area contributed by atoms with Crippen molar-refractivity contribution in [3.05, 3.63) is 57.2 Å². The van der Waals surface area contributed by atoms with Crippen LogP contribution in [-0.2, 0) is 4.79 Å². The lowest BCUT2D eigenvalue weighted by atomic mass is 10.1. The van der Waals surface area contributed by atoms with E-state index in [1.165, 1.54) is 11.3 Å². The SMILES string of the molecule is CC(C(=O)NCCC(O)c1ccccc1)c1ccc(Cl)s1. The van der Waals surface area contributed by atoms with Gasteiger partial charge in [0, 0.05) is 11.4 Å². The molecule has 0 fully saturated rings. The summed E-state index contributed by atoms with van der Waals surface area (Å²) in [6.07, 6.45) is -0.0637. The van der Waals surface area contributed by atoms with Gasteiger partial charge in [0.15, 0.2) is 0 Å². The summed E-state index contributed by atoms with van der Waals surface area (Å²) in [7, 11) is 0. The first-order chi connectivity index (χ1) is 10.1. The van der Waals surface area contributed by atoms with Gasteiger partial charge in [0.1, 0.15) is 0 Å². The van der Waals surface area contributed by atoms with Gasteiger partial charge in [0.2, 0.25) is 5.91 Å². The molecule has 1 aromatic heterocycles. The maximum absolute atomic E-state index is 12.0. The number of aliphatic hydroxyl groups excluding tert-OH is 1. The molecule has 112 valence electrons. The molecule has 0 aliphatic heterocycles. The molecule has 5 heteroatoms. The number of nitrogens with one attached hydrogen (secondary N) is 1. The van der Waals surface area contributed by atoms with Gasteiger partial charge in [-0.2, -0.15) is 0 Å². The zero-order valence-corrected chi connectivity index (χ0v) is 13.3. The van der Waals surface area contributed by atoms with Crippen molar-refractivity contribution in [1.82, 2.24) is 5.32 Å². The first kappa shape index (κ1) is 16.0. The third kappa shape index (κ3) is 4.56. The summed E-state index contributed by atoms with van der Waals surface area (Å²) in [4.78, 5) is 13.0. The first-order valence-electron chi connectivity index (χ1n) is 6.84. The fourth-order valence-electron chi connectivity index (χ4n) is 2.02. The fraction of sp³-hybridized carbons (Fsp3) is 0.312. The molecule has 2 N–H and O–H groups in total. The molecule has 2 rings (SSSR count). The van der Waals surface area contributed by atoms with Gasteiger partial charge in [-0.3, -0.25) is 4.79 Å². The van der Waals surface area contributed by atoms with E-state index in [1.54, 1.807) is 6.07 Å². The number of thiophene rings is 1. The lowest BCUT2D eigenvalue weighted by molar-refractivity contribution is -0.122. The van der Waals surface area contributed by atoms with E-state index >= 15 is 0 Å². The Morgan fingerprint density at radius 3 is 2.62 bits per heavy atom. The quantitative estimate of drug-likeness (QED) is 0.850. The number of carbonyl (C=O) groups excluding carboxylic acids is 1. The van der Waals surface area contributed by atoms with Crippen LogP contribution in [0.15, 0.2) is 42.5 Å². The lowest BCUT2D eigenvalue weighted by Gasteiger charge is -2.13. The molecule has 0 spiro atoms. The molecule has 0 saturated carbocycles. The molecule has 3 nitrogen and oxygen atoms in total. The number of amides is 1. The van der Waals surface area contributed by atoms with E-state index in [1.807, 2.05) is 43.3 Å². The van der Waals surface area contributed by atoms with Gasteiger partial charge in [0.25, 0.3) is 0 Å². The molecular weight excluding hydrogens is 306 g/mol. The number of halogens is 1. The van der Waals surface area contributed by atoms with Crippen LogP contribution in [0.1, 0.15) is 35.8 Å². The van der Waals surface area contributed by atoms with Crippen LogP contribution in [-0.4, -0.2) is 17.6 Å². The van der Waals surface area contributed by atoms with Crippen LogP contribution in [0.3, 0.4) is 0 Å². The summed E-state index contributed by atoms with van der Waals surface area (Å²) in [5.74, 6) is -0.273. The van der Waals surface area contributed by atoms with Crippen molar-refractivity contribution >= 4 is 28.8 Å². The Hall–Kier alpha value is -1.36. The van der Waals surface area contributed by atoms with Crippen molar-refractivity contribution in [1.29, 1.82) is 0 Å². The van der Waals surface area contributed by atoms with Crippen LogP contribution in [0.2, 0.25) is 4.34 Å². The Bertz CT molecular complexity index is 585. The van der Waals surface area contributed by atoms with E-state index in [-0.39, 0.29) is 11.8 Å². The second-order valence-electron chi connectivity index (χ2n) is 4.87. The monoisotopic (exact) mass is 323 g/mol.